The fourth-order valence-corrected chi connectivity index (χ4v) is 0.994. The molecule has 0 aromatic carbocycles. The molecular weight excluding hydrogens is 110 g/mol. The molecular formula is C8H18N. The Labute approximate surface area is 58.6 Å². The molecule has 0 saturated heterocycles. The Morgan fingerprint density at radius 1 is 1.33 bits per heavy atom. The van der Waals surface area contributed by atoms with Crippen LogP contribution < -0.4 is 5.73 Å². The predicted octanol–water partition coefficient (Wildman–Crippen LogP) is 2.49. The minimum absolute atomic E-state index is 0.300. The molecule has 0 saturated carbocycles. The molecule has 0 heterocycles. The highest BCUT2D eigenvalue weighted by atomic mass is 14.6. The molecule has 1 N–H and O–H groups in total. The van der Waals surface area contributed by atoms with Gasteiger partial charge in [-0.25, -0.2) is 0 Å². The van der Waals surface area contributed by atoms with Gasteiger partial charge in [0.25, 0.3) is 0 Å². The lowest BCUT2D eigenvalue weighted by Gasteiger charge is -2.24. The first-order chi connectivity index (χ1) is 4.18. The number of hydrogen-bond donors (Lipinski definition) is 0. The second kappa shape index (κ2) is 3.89. The topological polar surface area (TPSA) is 23.8 Å². The molecule has 0 bridgehead atoms. The van der Waals surface area contributed by atoms with Crippen molar-refractivity contribution in [2.45, 2.75) is 40.0 Å². The number of rotatable bonds is 4. The molecule has 0 aromatic heterocycles. The Kier molecular flexibility index (Phi) is 3.87. The first kappa shape index (κ1) is 8.96. The van der Waals surface area contributed by atoms with Gasteiger partial charge >= 0.3 is 0 Å². The molecule has 0 fully saturated rings. The average molecular weight is 128 g/mol. The summed E-state index contributed by atoms with van der Waals surface area (Å²) in [7, 11) is 0. The van der Waals surface area contributed by atoms with E-state index in [1.165, 1.54) is 12.8 Å². The molecule has 0 amide bonds. The Hall–Kier alpha value is -0.0400. The van der Waals surface area contributed by atoms with Gasteiger partial charge in [-0.1, -0.05) is 27.2 Å². The van der Waals surface area contributed by atoms with Crippen LogP contribution >= 0.6 is 0 Å². The van der Waals surface area contributed by atoms with Crippen molar-refractivity contribution in [1.29, 1.82) is 0 Å². The summed E-state index contributed by atoms with van der Waals surface area (Å²) in [6.45, 7) is 7.13. The van der Waals surface area contributed by atoms with Crippen molar-refractivity contribution in [3.8, 4) is 0 Å². The van der Waals surface area contributed by atoms with Crippen LogP contribution in [0.15, 0.2) is 0 Å². The van der Waals surface area contributed by atoms with Gasteiger partial charge in [0.05, 0.1) is 0 Å². The second-order valence-electron chi connectivity index (χ2n) is 3.09. The largest absolute Gasteiger partial charge is 0.257 e. The van der Waals surface area contributed by atoms with Gasteiger partial charge in [-0.2, -0.15) is 0 Å². The summed E-state index contributed by atoms with van der Waals surface area (Å²) in [5.41, 5.74) is 7.56. The molecule has 9 heavy (non-hydrogen) atoms. The molecule has 1 heteroatoms. The van der Waals surface area contributed by atoms with E-state index < -0.39 is 0 Å². The van der Waals surface area contributed by atoms with Gasteiger partial charge in [0.15, 0.2) is 0 Å². The Morgan fingerprint density at radius 3 is 2.00 bits per heavy atom. The lowest BCUT2D eigenvalue weighted by atomic mass is 9.83. The summed E-state index contributed by atoms with van der Waals surface area (Å²) < 4.78 is 0. The zero-order chi connectivity index (χ0) is 7.33. The maximum atomic E-state index is 7.26. The second-order valence-corrected chi connectivity index (χ2v) is 3.09. The molecule has 0 rings (SSSR count). The Morgan fingerprint density at radius 2 is 1.89 bits per heavy atom. The molecule has 1 radical (unpaired) electrons. The minimum Gasteiger partial charge on any atom is -0.257 e. The number of nitrogens with one attached hydrogen (secondary N) is 1. The summed E-state index contributed by atoms with van der Waals surface area (Å²) in [6.07, 6.45) is 3.56. The van der Waals surface area contributed by atoms with E-state index in [-0.39, 0.29) is 0 Å². The van der Waals surface area contributed by atoms with E-state index in [1.54, 1.807) is 0 Å². The smallest absolute Gasteiger partial charge is 0.0154 e. The van der Waals surface area contributed by atoms with Crippen molar-refractivity contribution < 1.29 is 0 Å². The molecule has 55 valence electrons. The van der Waals surface area contributed by atoms with E-state index in [4.69, 9.17) is 5.73 Å². The fourth-order valence-electron chi connectivity index (χ4n) is 0.994. The summed E-state index contributed by atoms with van der Waals surface area (Å²) in [5, 5.41) is 0. The zero-order valence-corrected chi connectivity index (χ0v) is 6.83. The highest BCUT2D eigenvalue weighted by molar-refractivity contribution is 4.71. The van der Waals surface area contributed by atoms with Crippen LogP contribution in [-0.2, 0) is 0 Å². The number of hydrogen-bond acceptors (Lipinski definition) is 0. The molecule has 0 spiro atoms. The molecule has 1 nitrogen and oxygen atoms in total. The first-order valence-electron chi connectivity index (χ1n) is 3.83. The molecule has 1 atom stereocenters. The quantitative estimate of drug-likeness (QED) is 0.555. The lowest BCUT2D eigenvalue weighted by molar-refractivity contribution is 0.289. The SMILES string of the molecule is CCCC(C)(CC)C[NH]. The van der Waals surface area contributed by atoms with Crippen LogP contribution in [0.25, 0.3) is 0 Å². The van der Waals surface area contributed by atoms with E-state index in [9.17, 15) is 0 Å². The molecule has 0 aliphatic carbocycles. The van der Waals surface area contributed by atoms with Crippen molar-refractivity contribution in [3.63, 3.8) is 0 Å². The highest BCUT2D eigenvalue weighted by Crippen LogP contribution is 2.25. The third-order valence-electron chi connectivity index (χ3n) is 2.13. The van der Waals surface area contributed by atoms with Crippen LogP contribution in [-0.4, -0.2) is 6.54 Å². The predicted molar refractivity (Wildman–Crippen MR) is 41.3 cm³/mol. The van der Waals surface area contributed by atoms with E-state index >= 15 is 0 Å². The van der Waals surface area contributed by atoms with Crippen molar-refractivity contribution in [2.75, 3.05) is 6.54 Å². The van der Waals surface area contributed by atoms with E-state index in [0.29, 0.717) is 12.0 Å². The summed E-state index contributed by atoms with van der Waals surface area (Å²) in [6, 6.07) is 0. The third kappa shape index (κ3) is 2.85. The summed E-state index contributed by atoms with van der Waals surface area (Å²) in [4.78, 5) is 0. The van der Waals surface area contributed by atoms with Gasteiger partial charge in [-0.05, 0) is 18.3 Å². The normalized spacial score (nSPS) is 17.3. The first-order valence-corrected chi connectivity index (χ1v) is 3.83. The summed E-state index contributed by atoms with van der Waals surface area (Å²) in [5.74, 6) is 0. The van der Waals surface area contributed by atoms with Crippen molar-refractivity contribution >= 4 is 0 Å². The van der Waals surface area contributed by atoms with E-state index in [2.05, 4.69) is 20.8 Å². The van der Waals surface area contributed by atoms with Gasteiger partial charge in [0.2, 0.25) is 0 Å². The van der Waals surface area contributed by atoms with E-state index in [1.807, 2.05) is 0 Å². The van der Waals surface area contributed by atoms with Crippen molar-refractivity contribution in [1.82, 2.24) is 5.73 Å². The molecule has 0 aliphatic rings. The standard InChI is InChI=1S/C8H18N/c1-4-6-8(3,5-2)7-9/h9H,4-7H2,1-3H3. The van der Waals surface area contributed by atoms with Gasteiger partial charge < -0.3 is 0 Å². The van der Waals surface area contributed by atoms with E-state index in [0.717, 1.165) is 6.42 Å². The maximum absolute atomic E-state index is 7.26. The van der Waals surface area contributed by atoms with Crippen molar-refractivity contribution in [3.05, 3.63) is 0 Å². The molecule has 0 aliphatic heterocycles. The minimum atomic E-state index is 0.300. The Balaban J connectivity index is 3.62. The summed E-state index contributed by atoms with van der Waals surface area (Å²) >= 11 is 0. The highest BCUT2D eigenvalue weighted by Gasteiger charge is 2.17. The van der Waals surface area contributed by atoms with Gasteiger partial charge in [0.1, 0.15) is 0 Å². The van der Waals surface area contributed by atoms with Gasteiger partial charge in [-0.3, -0.25) is 5.73 Å². The zero-order valence-electron chi connectivity index (χ0n) is 6.83. The third-order valence-corrected chi connectivity index (χ3v) is 2.13. The van der Waals surface area contributed by atoms with Gasteiger partial charge in [0, 0.05) is 6.54 Å². The maximum Gasteiger partial charge on any atom is 0.0154 e. The average Bonchev–Trinajstić information content (AvgIpc) is 1.89. The molecule has 1 unspecified atom stereocenters. The van der Waals surface area contributed by atoms with Crippen LogP contribution in [0.5, 0.6) is 0 Å². The monoisotopic (exact) mass is 128 g/mol. The lowest BCUT2D eigenvalue weighted by Crippen LogP contribution is -2.20. The van der Waals surface area contributed by atoms with Crippen LogP contribution in [0.4, 0.5) is 0 Å². The van der Waals surface area contributed by atoms with Crippen LogP contribution in [0.1, 0.15) is 40.0 Å². The van der Waals surface area contributed by atoms with Crippen LogP contribution in [0.3, 0.4) is 0 Å². The van der Waals surface area contributed by atoms with Crippen LogP contribution in [0, 0.1) is 5.41 Å². The Bertz CT molecular complexity index is 65.0. The van der Waals surface area contributed by atoms with Crippen molar-refractivity contribution in [2.24, 2.45) is 5.41 Å². The molecule has 0 aromatic rings. The van der Waals surface area contributed by atoms with Gasteiger partial charge in [-0.15, -0.1) is 0 Å². The fraction of sp³-hybridized carbons (Fsp3) is 1.00. The van der Waals surface area contributed by atoms with Crippen LogP contribution in [0.2, 0.25) is 0 Å².